The number of amides is 2. The normalized spacial score (nSPS) is 10.9. The molecule has 0 saturated carbocycles. The number of rotatable bonds is 12. The lowest BCUT2D eigenvalue weighted by molar-refractivity contribution is -0.124. The molecular weight excluding hydrogens is 481 g/mol. The van der Waals surface area contributed by atoms with Crippen molar-refractivity contribution in [3.05, 3.63) is 47.5 Å². The summed E-state index contributed by atoms with van der Waals surface area (Å²) >= 11 is 5.87. The third kappa shape index (κ3) is 6.98. The number of benzene rings is 2. The van der Waals surface area contributed by atoms with Crippen molar-refractivity contribution in [2.45, 2.75) is 25.7 Å². The number of carbonyl (C=O) groups excluding carboxylic acids is 2. The number of hydrogen-bond acceptors (Lipinski definition) is 8. The van der Waals surface area contributed by atoms with Gasteiger partial charge in [0.25, 0.3) is 5.91 Å². The number of halogens is 2. The average Bonchev–Trinajstić information content (AvgIpc) is 2.83. The molecule has 186 valence electrons. The number of anilines is 3. The summed E-state index contributed by atoms with van der Waals surface area (Å²) in [6.45, 7) is 0.450. The highest BCUT2D eigenvalue weighted by atomic mass is 35.5. The summed E-state index contributed by atoms with van der Waals surface area (Å²) in [7, 11) is 1.52. The molecule has 0 unspecified atom stereocenters. The van der Waals surface area contributed by atoms with Crippen molar-refractivity contribution in [1.29, 1.82) is 0 Å². The van der Waals surface area contributed by atoms with Crippen LogP contribution in [0.2, 0.25) is 5.02 Å². The Morgan fingerprint density at radius 3 is 2.66 bits per heavy atom. The maximum Gasteiger partial charge on any atom is 0.250 e. The molecule has 3 rings (SSSR count). The number of nitrogens with zero attached hydrogens (tertiary/aromatic N) is 3. The Labute approximate surface area is 205 Å². The second-order valence-electron chi connectivity index (χ2n) is 7.53. The van der Waals surface area contributed by atoms with Crippen LogP contribution in [0.1, 0.15) is 25.7 Å². The molecule has 0 saturated heterocycles. The summed E-state index contributed by atoms with van der Waals surface area (Å²) < 4.78 is 24.3. The van der Waals surface area contributed by atoms with Gasteiger partial charge in [-0.05, 0) is 37.1 Å². The fourth-order valence-corrected chi connectivity index (χ4v) is 3.40. The minimum atomic E-state index is -0.595. The van der Waals surface area contributed by atoms with E-state index in [0.717, 1.165) is 0 Å². The SMILES string of the molecule is COCCOc1cc2ncnc(Nc3ccc(F)c(Cl)c3)c2cc1N(O)C(=O)CCCCC(N)=O. The monoisotopic (exact) mass is 505 g/mol. The fraction of sp³-hybridized carbons (Fsp3) is 0.304. The molecule has 2 aromatic carbocycles. The van der Waals surface area contributed by atoms with Gasteiger partial charge in [0.2, 0.25) is 5.91 Å². The smallest absolute Gasteiger partial charge is 0.250 e. The van der Waals surface area contributed by atoms with Crippen LogP contribution in [0.15, 0.2) is 36.7 Å². The number of aromatic nitrogens is 2. The first-order valence-electron chi connectivity index (χ1n) is 10.7. The number of unbranched alkanes of at least 4 members (excludes halogenated alkanes) is 1. The van der Waals surface area contributed by atoms with E-state index in [2.05, 4.69) is 15.3 Å². The molecule has 0 aliphatic rings. The molecule has 0 atom stereocenters. The zero-order valence-electron chi connectivity index (χ0n) is 19.0. The van der Waals surface area contributed by atoms with E-state index in [1.807, 2.05) is 0 Å². The zero-order valence-corrected chi connectivity index (χ0v) is 19.7. The van der Waals surface area contributed by atoms with Crippen LogP contribution in [0.4, 0.5) is 21.6 Å². The molecule has 0 aliphatic heterocycles. The molecule has 0 bridgehead atoms. The third-order valence-electron chi connectivity index (χ3n) is 4.97. The van der Waals surface area contributed by atoms with Gasteiger partial charge in [-0.2, -0.15) is 5.06 Å². The topological polar surface area (TPSA) is 140 Å². The summed E-state index contributed by atoms with van der Waals surface area (Å²) in [6.07, 6.45) is 2.26. The number of hydrogen-bond donors (Lipinski definition) is 3. The van der Waals surface area contributed by atoms with Crippen LogP contribution in [0.5, 0.6) is 5.75 Å². The second kappa shape index (κ2) is 12.2. The maximum absolute atomic E-state index is 13.5. The van der Waals surface area contributed by atoms with Gasteiger partial charge >= 0.3 is 0 Å². The third-order valence-corrected chi connectivity index (χ3v) is 5.26. The molecule has 3 aromatic rings. The van der Waals surface area contributed by atoms with E-state index in [0.29, 0.717) is 40.3 Å². The first kappa shape index (κ1) is 26.1. The van der Waals surface area contributed by atoms with E-state index >= 15 is 0 Å². The highest BCUT2D eigenvalue weighted by Gasteiger charge is 2.21. The van der Waals surface area contributed by atoms with Crippen LogP contribution in [-0.2, 0) is 14.3 Å². The highest BCUT2D eigenvalue weighted by Crippen LogP contribution is 2.36. The van der Waals surface area contributed by atoms with Crippen LogP contribution in [-0.4, -0.2) is 47.3 Å². The van der Waals surface area contributed by atoms with Gasteiger partial charge in [0.1, 0.15) is 36.0 Å². The van der Waals surface area contributed by atoms with Gasteiger partial charge in [-0.3, -0.25) is 14.8 Å². The average molecular weight is 506 g/mol. The van der Waals surface area contributed by atoms with Crippen LogP contribution >= 0.6 is 11.6 Å². The minimum absolute atomic E-state index is 0.0101. The number of nitrogens with one attached hydrogen (secondary N) is 1. The lowest BCUT2D eigenvalue weighted by Gasteiger charge is -2.20. The number of primary amides is 1. The van der Waals surface area contributed by atoms with Gasteiger partial charge in [-0.15, -0.1) is 0 Å². The Hall–Kier alpha value is -3.54. The van der Waals surface area contributed by atoms with E-state index in [9.17, 15) is 19.2 Å². The molecule has 35 heavy (non-hydrogen) atoms. The summed E-state index contributed by atoms with van der Waals surface area (Å²) in [5, 5.41) is 14.6. The van der Waals surface area contributed by atoms with Crippen molar-refractivity contribution in [3.63, 3.8) is 0 Å². The van der Waals surface area contributed by atoms with Crippen molar-refractivity contribution in [2.75, 3.05) is 30.7 Å². The zero-order chi connectivity index (χ0) is 25.4. The molecule has 0 aliphatic carbocycles. The van der Waals surface area contributed by atoms with E-state index in [1.165, 1.54) is 37.7 Å². The number of ether oxygens (including phenoxy) is 2. The summed E-state index contributed by atoms with van der Waals surface area (Å²) in [6, 6.07) is 7.18. The lowest BCUT2D eigenvalue weighted by atomic mass is 10.1. The minimum Gasteiger partial charge on any atom is -0.489 e. The molecule has 1 heterocycles. The van der Waals surface area contributed by atoms with Gasteiger partial charge in [0.15, 0.2) is 0 Å². The van der Waals surface area contributed by atoms with E-state index in [4.69, 9.17) is 26.8 Å². The van der Waals surface area contributed by atoms with Crippen molar-refractivity contribution >= 4 is 51.5 Å². The maximum atomic E-state index is 13.5. The van der Waals surface area contributed by atoms with Gasteiger partial charge in [-0.25, -0.2) is 14.4 Å². The molecule has 12 heteroatoms. The Kier molecular flexibility index (Phi) is 9.12. The van der Waals surface area contributed by atoms with Crippen molar-refractivity contribution in [3.8, 4) is 5.75 Å². The second-order valence-corrected chi connectivity index (χ2v) is 7.94. The van der Waals surface area contributed by atoms with Gasteiger partial charge in [-0.1, -0.05) is 11.6 Å². The number of carbonyl (C=O) groups is 2. The predicted octanol–water partition coefficient (Wildman–Crippen LogP) is 3.96. The standard InChI is InChI=1S/C23H25ClFN5O5/c1-34-8-9-35-20-12-18-15(11-19(20)30(33)22(32)5-3-2-4-21(26)31)23(28-13-27-18)29-14-6-7-17(25)16(24)10-14/h6-7,10-13,33H,2-5,8-9H2,1H3,(H2,26,31)(H,27,28,29). The molecular formula is C23H25ClFN5O5. The fourth-order valence-electron chi connectivity index (χ4n) is 3.21. The lowest BCUT2D eigenvalue weighted by Crippen LogP contribution is -2.27. The largest absolute Gasteiger partial charge is 0.489 e. The van der Waals surface area contributed by atoms with E-state index < -0.39 is 17.6 Å². The highest BCUT2D eigenvalue weighted by molar-refractivity contribution is 6.31. The quantitative estimate of drug-likeness (QED) is 0.191. The first-order chi connectivity index (χ1) is 16.8. The Morgan fingerprint density at radius 2 is 1.94 bits per heavy atom. The summed E-state index contributed by atoms with van der Waals surface area (Å²) in [4.78, 5) is 32.0. The van der Waals surface area contributed by atoms with Crippen molar-refractivity contribution in [1.82, 2.24) is 9.97 Å². The number of hydroxylamine groups is 1. The number of nitrogens with two attached hydrogens (primary N) is 1. The van der Waals surface area contributed by atoms with E-state index in [1.54, 1.807) is 6.07 Å². The molecule has 0 fully saturated rings. The molecule has 2 amide bonds. The molecule has 0 spiro atoms. The first-order valence-corrected chi connectivity index (χ1v) is 11.1. The van der Waals surface area contributed by atoms with Crippen molar-refractivity contribution < 1.29 is 28.7 Å². The van der Waals surface area contributed by atoms with Gasteiger partial charge in [0.05, 0.1) is 17.1 Å². The Bertz CT molecular complexity index is 1210. The Morgan fingerprint density at radius 1 is 1.17 bits per heavy atom. The number of methoxy groups -OCH3 is 1. The van der Waals surface area contributed by atoms with Crippen LogP contribution in [0.25, 0.3) is 10.9 Å². The summed E-state index contributed by atoms with van der Waals surface area (Å²) in [5.74, 6) is -1.07. The van der Waals surface area contributed by atoms with Gasteiger partial charge < -0.3 is 20.5 Å². The molecule has 0 radical (unpaired) electrons. The van der Waals surface area contributed by atoms with Crippen LogP contribution in [0, 0.1) is 5.82 Å². The number of fused-ring (bicyclic) bond motifs is 1. The van der Waals surface area contributed by atoms with E-state index in [-0.39, 0.29) is 42.5 Å². The molecule has 1 aromatic heterocycles. The summed E-state index contributed by atoms with van der Waals surface area (Å²) in [5.41, 5.74) is 6.14. The predicted molar refractivity (Wildman–Crippen MR) is 129 cm³/mol. The molecule has 4 N–H and O–H groups in total. The molecule has 10 nitrogen and oxygen atoms in total. The van der Waals surface area contributed by atoms with Crippen LogP contribution in [0.3, 0.4) is 0 Å². The Balaban J connectivity index is 1.94. The van der Waals surface area contributed by atoms with Crippen molar-refractivity contribution in [2.24, 2.45) is 5.73 Å². The van der Waals surface area contributed by atoms with Gasteiger partial charge in [0, 0.05) is 37.1 Å². The van der Waals surface area contributed by atoms with Crippen LogP contribution < -0.4 is 20.9 Å².